The van der Waals surface area contributed by atoms with Crippen molar-refractivity contribution in [3.05, 3.63) is 71.3 Å². The molecule has 1 aliphatic rings. The van der Waals surface area contributed by atoms with Crippen LogP contribution < -0.4 is 5.32 Å². The topological polar surface area (TPSA) is 45.0 Å². The molecule has 0 amide bonds. The van der Waals surface area contributed by atoms with Gasteiger partial charge in [-0.25, -0.2) is 0 Å². The smallest absolute Gasteiger partial charge is 0.159 e. The first-order valence-electron chi connectivity index (χ1n) is 6.72. The Morgan fingerprint density at radius 3 is 2.65 bits per heavy atom. The molecule has 0 spiro atoms. The summed E-state index contributed by atoms with van der Waals surface area (Å²) in [5, 5.41) is 12.5. The minimum atomic E-state index is -0.679. The maximum Gasteiger partial charge on any atom is 0.159 e. The summed E-state index contributed by atoms with van der Waals surface area (Å²) in [6.07, 6.45) is 0.302. The fraction of sp³-hybridized carbons (Fsp3) is 0.235. The maximum atomic E-state index is 9.14. The summed E-state index contributed by atoms with van der Waals surface area (Å²) in [5.41, 5.74) is 2.71. The fourth-order valence-corrected chi connectivity index (χ4v) is 2.63. The molecule has 1 aliphatic heterocycles. The second-order valence-corrected chi connectivity index (χ2v) is 4.95. The Hall–Kier alpha value is -2.15. The highest BCUT2D eigenvalue weighted by Crippen LogP contribution is 2.35. The number of hydrogen-bond donors (Lipinski definition) is 1. The van der Waals surface area contributed by atoms with Crippen LogP contribution in [0.4, 0.5) is 0 Å². The van der Waals surface area contributed by atoms with Crippen LogP contribution in [-0.4, -0.2) is 0 Å². The molecule has 0 saturated carbocycles. The molecule has 1 atom stereocenters. The van der Waals surface area contributed by atoms with E-state index in [4.69, 9.17) is 10.00 Å². The van der Waals surface area contributed by atoms with Crippen molar-refractivity contribution < 1.29 is 4.74 Å². The fourth-order valence-electron chi connectivity index (χ4n) is 2.63. The standard InChI is InChI=1S/C17H16N2O/c18-11-10-17(20-13-14-6-2-1-3-7-14)16-9-5-4-8-15(16)12-19-17/h1-9,19H,10,12-13H2. The molecule has 3 rings (SSSR count). The van der Waals surface area contributed by atoms with Crippen LogP contribution in [0.15, 0.2) is 54.6 Å². The van der Waals surface area contributed by atoms with Gasteiger partial charge in [-0.1, -0.05) is 54.6 Å². The predicted molar refractivity (Wildman–Crippen MR) is 76.4 cm³/mol. The van der Waals surface area contributed by atoms with Crippen molar-refractivity contribution in [1.82, 2.24) is 5.32 Å². The van der Waals surface area contributed by atoms with Crippen LogP contribution in [0.2, 0.25) is 0 Å². The molecule has 3 nitrogen and oxygen atoms in total. The normalized spacial score (nSPS) is 20.4. The lowest BCUT2D eigenvalue weighted by Gasteiger charge is -2.28. The molecule has 0 aliphatic carbocycles. The lowest BCUT2D eigenvalue weighted by molar-refractivity contribution is -0.0776. The van der Waals surface area contributed by atoms with Crippen molar-refractivity contribution in [2.45, 2.75) is 25.3 Å². The molecular formula is C17H16N2O. The van der Waals surface area contributed by atoms with Gasteiger partial charge in [-0.2, -0.15) is 5.26 Å². The van der Waals surface area contributed by atoms with Crippen LogP contribution >= 0.6 is 0 Å². The minimum Gasteiger partial charge on any atom is -0.351 e. The van der Waals surface area contributed by atoms with Gasteiger partial charge < -0.3 is 4.74 Å². The van der Waals surface area contributed by atoms with Crippen molar-refractivity contribution in [1.29, 1.82) is 5.26 Å². The summed E-state index contributed by atoms with van der Waals surface area (Å²) >= 11 is 0. The van der Waals surface area contributed by atoms with Gasteiger partial charge in [0.15, 0.2) is 5.72 Å². The molecule has 0 bridgehead atoms. The van der Waals surface area contributed by atoms with Gasteiger partial charge in [0.2, 0.25) is 0 Å². The van der Waals surface area contributed by atoms with Gasteiger partial charge >= 0.3 is 0 Å². The maximum absolute atomic E-state index is 9.14. The largest absolute Gasteiger partial charge is 0.351 e. The molecule has 0 aromatic heterocycles. The second-order valence-electron chi connectivity index (χ2n) is 4.95. The number of nitrogens with one attached hydrogen (secondary N) is 1. The average Bonchev–Trinajstić information content (AvgIpc) is 2.87. The first-order chi connectivity index (χ1) is 9.84. The van der Waals surface area contributed by atoms with Gasteiger partial charge in [0, 0.05) is 12.1 Å². The molecule has 1 unspecified atom stereocenters. The summed E-state index contributed by atoms with van der Waals surface area (Å²) in [6, 6.07) is 20.4. The van der Waals surface area contributed by atoms with Gasteiger partial charge in [0.25, 0.3) is 0 Å². The SMILES string of the molecule is N#CCC1(OCc2ccccc2)NCc2ccccc21. The van der Waals surface area contributed by atoms with Crippen molar-refractivity contribution in [3.63, 3.8) is 0 Å². The number of nitriles is 1. The highest BCUT2D eigenvalue weighted by Gasteiger charge is 2.39. The van der Waals surface area contributed by atoms with Crippen molar-refractivity contribution >= 4 is 0 Å². The molecule has 100 valence electrons. The second kappa shape index (κ2) is 5.46. The van der Waals surface area contributed by atoms with E-state index in [2.05, 4.69) is 17.5 Å². The molecule has 0 radical (unpaired) electrons. The van der Waals surface area contributed by atoms with Crippen LogP contribution in [0.5, 0.6) is 0 Å². The Morgan fingerprint density at radius 2 is 1.85 bits per heavy atom. The predicted octanol–water partition coefficient (Wildman–Crippen LogP) is 3.07. The van der Waals surface area contributed by atoms with Gasteiger partial charge in [-0.3, -0.25) is 5.32 Å². The van der Waals surface area contributed by atoms with E-state index < -0.39 is 5.72 Å². The summed E-state index contributed by atoms with van der Waals surface area (Å²) in [4.78, 5) is 0. The molecule has 1 N–H and O–H groups in total. The Bertz CT molecular complexity index is 633. The van der Waals surface area contributed by atoms with Crippen LogP contribution in [0.3, 0.4) is 0 Å². The van der Waals surface area contributed by atoms with Gasteiger partial charge in [0.1, 0.15) is 0 Å². The first kappa shape index (κ1) is 12.9. The Balaban J connectivity index is 1.85. The van der Waals surface area contributed by atoms with E-state index in [0.29, 0.717) is 13.0 Å². The third kappa shape index (κ3) is 2.32. The van der Waals surface area contributed by atoms with Gasteiger partial charge in [-0.15, -0.1) is 0 Å². The van der Waals surface area contributed by atoms with Crippen molar-refractivity contribution in [2.24, 2.45) is 0 Å². The van der Waals surface area contributed by atoms with Crippen LogP contribution in [-0.2, 0) is 23.6 Å². The number of hydrogen-bond acceptors (Lipinski definition) is 3. The van der Waals surface area contributed by atoms with Crippen LogP contribution in [0.25, 0.3) is 0 Å². The van der Waals surface area contributed by atoms with E-state index in [1.54, 1.807) is 0 Å². The molecule has 2 aromatic carbocycles. The van der Waals surface area contributed by atoms with E-state index >= 15 is 0 Å². The number of fused-ring (bicyclic) bond motifs is 1. The quantitative estimate of drug-likeness (QED) is 0.923. The summed E-state index contributed by atoms with van der Waals surface area (Å²) < 4.78 is 6.11. The third-order valence-corrected chi connectivity index (χ3v) is 3.67. The molecule has 1 heterocycles. The number of nitrogens with zero attached hydrogens (tertiary/aromatic N) is 1. The van der Waals surface area contributed by atoms with E-state index in [1.165, 1.54) is 5.56 Å². The highest BCUT2D eigenvalue weighted by atomic mass is 16.5. The van der Waals surface area contributed by atoms with E-state index in [0.717, 1.165) is 17.7 Å². The van der Waals surface area contributed by atoms with Crippen molar-refractivity contribution in [2.75, 3.05) is 0 Å². The number of benzene rings is 2. The minimum absolute atomic E-state index is 0.302. The Kier molecular flexibility index (Phi) is 3.51. The van der Waals surface area contributed by atoms with E-state index in [1.807, 2.05) is 48.5 Å². The first-order valence-corrected chi connectivity index (χ1v) is 6.72. The highest BCUT2D eigenvalue weighted by molar-refractivity contribution is 5.37. The van der Waals surface area contributed by atoms with Crippen LogP contribution in [0.1, 0.15) is 23.1 Å². The van der Waals surface area contributed by atoms with E-state index in [9.17, 15) is 0 Å². The zero-order chi connectivity index (χ0) is 13.8. The molecule has 20 heavy (non-hydrogen) atoms. The van der Waals surface area contributed by atoms with Crippen molar-refractivity contribution in [3.8, 4) is 6.07 Å². The lowest BCUT2D eigenvalue weighted by Crippen LogP contribution is -2.39. The average molecular weight is 264 g/mol. The summed E-state index contributed by atoms with van der Waals surface area (Å²) in [5.74, 6) is 0. The Labute approximate surface area is 118 Å². The molecule has 3 heteroatoms. The van der Waals surface area contributed by atoms with E-state index in [-0.39, 0.29) is 0 Å². The third-order valence-electron chi connectivity index (χ3n) is 3.67. The Morgan fingerprint density at radius 1 is 1.10 bits per heavy atom. The summed E-state index contributed by atoms with van der Waals surface area (Å²) in [7, 11) is 0. The lowest BCUT2D eigenvalue weighted by atomic mass is 9.99. The van der Waals surface area contributed by atoms with Crippen LogP contribution in [0, 0.1) is 11.3 Å². The summed E-state index contributed by atoms with van der Waals surface area (Å²) in [6.45, 7) is 1.23. The zero-order valence-electron chi connectivity index (χ0n) is 11.2. The monoisotopic (exact) mass is 264 g/mol. The number of rotatable bonds is 4. The molecule has 0 fully saturated rings. The molecular weight excluding hydrogens is 248 g/mol. The number of ether oxygens (including phenoxy) is 1. The van der Waals surface area contributed by atoms with Gasteiger partial charge in [0.05, 0.1) is 19.1 Å². The molecule has 0 saturated heterocycles. The molecule has 2 aromatic rings. The van der Waals surface area contributed by atoms with Gasteiger partial charge in [-0.05, 0) is 11.1 Å². The zero-order valence-corrected chi connectivity index (χ0v) is 11.2.